The largest absolute Gasteiger partial charge is 0.373 e. The molecule has 3 rings (SSSR count). The van der Waals surface area contributed by atoms with Crippen LogP contribution in [0.2, 0.25) is 0 Å². The van der Waals surface area contributed by atoms with E-state index < -0.39 is 0 Å². The van der Waals surface area contributed by atoms with E-state index >= 15 is 0 Å². The standard InChI is InChI=1S/C13H12N2O2/c16-8-11-12-6-10(14-11)7-15(12)13(17)9-4-2-1-3-5-9/h1-5,10,12,14H,6-7H2/t10-,12-/m1/s1. The quantitative estimate of drug-likeness (QED) is 0.716. The highest BCUT2D eigenvalue weighted by Crippen LogP contribution is 2.30. The molecule has 4 heteroatoms. The average molecular weight is 228 g/mol. The molecule has 1 N–H and O–H groups in total. The zero-order valence-corrected chi connectivity index (χ0v) is 9.22. The summed E-state index contributed by atoms with van der Waals surface area (Å²) < 4.78 is 0. The molecule has 2 aliphatic heterocycles. The van der Waals surface area contributed by atoms with Crippen LogP contribution in [0, 0.1) is 0 Å². The van der Waals surface area contributed by atoms with Crippen LogP contribution in [0.15, 0.2) is 36.0 Å². The average Bonchev–Trinajstić information content (AvgIpc) is 2.98. The molecule has 17 heavy (non-hydrogen) atoms. The fourth-order valence-corrected chi connectivity index (χ4v) is 2.60. The Bertz CT molecular complexity index is 505. The summed E-state index contributed by atoms with van der Waals surface area (Å²) in [5.74, 6) is 1.89. The van der Waals surface area contributed by atoms with Crippen LogP contribution in [0.5, 0.6) is 0 Å². The van der Waals surface area contributed by atoms with Crippen molar-refractivity contribution in [3.63, 3.8) is 0 Å². The molecule has 0 saturated carbocycles. The second-order valence-electron chi connectivity index (χ2n) is 4.43. The van der Waals surface area contributed by atoms with Crippen LogP contribution in [0.25, 0.3) is 0 Å². The summed E-state index contributed by atoms with van der Waals surface area (Å²) in [6.07, 6.45) is 0.823. The van der Waals surface area contributed by atoms with E-state index in [9.17, 15) is 9.59 Å². The number of hydrogen-bond donors (Lipinski definition) is 1. The van der Waals surface area contributed by atoms with E-state index in [0.717, 1.165) is 6.42 Å². The van der Waals surface area contributed by atoms with E-state index in [4.69, 9.17) is 0 Å². The number of benzene rings is 1. The molecule has 0 radical (unpaired) electrons. The lowest BCUT2D eigenvalue weighted by Crippen LogP contribution is -2.45. The number of nitrogens with one attached hydrogen (secondary N) is 1. The maximum Gasteiger partial charge on any atom is 0.254 e. The number of carbonyl (C=O) groups is 1. The second kappa shape index (κ2) is 3.75. The molecule has 2 fully saturated rings. The van der Waals surface area contributed by atoms with Crippen molar-refractivity contribution in [3.8, 4) is 0 Å². The van der Waals surface area contributed by atoms with Gasteiger partial charge in [-0.2, -0.15) is 0 Å². The van der Waals surface area contributed by atoms with Crippen LogP contribution in [0.1, 0.15) is 16.8 Å². The van der Waals surface area contributed by atoms with E-state index in [1.54, 1.807) is 17.0 Å². The van der Waals surface area contributed by atoms with Gasteiger partial charge < -0.3 is 10.2 Å². The van der Waals surface area contributed by atoms with E-state index in [1.165, 1.54) is 0 Å². The van der Waals surface area contributed by atoms with E-state index in [-0.39, 0.29) is 18.0 Å². The minimum atomic E-state index is -0.106. The van der Waals surface area contributed by atoms with Crippen LogP contribution < -0.4 is 5.32 Å². The third-order valence-electron chi connectivity index (χ3n) is 3.39. The van der Waals surface area contributed by atoms with Gasteiger partial charge in [0.2, 0.25) is 0 Å². The highest BCUT2D eigenvalue weighted by atomic mass is 16.2. The molecule has 0 aromatic heterocycles. The molecule has 2 atom stereocenters. The van der Waals surface area contributed by atoms with Gasteiger partial charge in [0, 0.05) is 18.2 Å². The number of likely N-dealkylation sites (tertiary alicyclic amines) is 1. The van der Waals surface area contributed by atoms with Gasteiger partial charge in [-0.15, -0.1) is 0 Å². The fourth-order valence-electron chi connectivity index (χ4n) is 2.60. The Morgan fingerprint density at radius 1 is 1.35 bits per heavy atom. The van der Waals surface area contributed by atoms with Gasteiger partial charge in [0.15, 0.2) is 0 Å². The fraction of sp³-hybridized carbons (Fsp3) is 0.308. The van der Waals surface area contributed by atoms with Crippen molar-refractivity contribution in [3.05, 3.63) is 41.6 Å². The number of fused-ring (bicyclic) bond motifs is 2. The first-order valence-electron chi connectivity index (χ1n) is 5.67. The third-order valence-corrected chi connectivity index (χ3v) is 3.39. The van der Waals surface area contributed by atoms with Crippen LogP contribution >= 0.6 is 0 Å². The first-order valence-corrected chi connectivity index (χ1v) is 5.67. The van der Waals surface area contributed by atoms with Crippen LogP contribution in [0.3, 0.4) is 0 Å². The lowest BCUT2D eigenvalue weighted by atomic mass is 10.1. The number of piperazine rings is 1. The van der Waals surface area contributed by atoms with Gasteiger partial charge in [-0.3, -0.25) is 4.79 Å². The normalized spacial score (nSPS) is 25.6. The molecule has 0 aliphatic carbocycles. The summed E-state index contributed by atoms with van der Waals surface area (Å²) in [6.45, 7) is 0.670. The molecule has 1 aromatic carbocycles. The second-order valence-corrected chi connectivity index (χ2v) is 4.43. The van der Waals surface area contributed by atoms with Crippen molar-refractivity contribution < 1.29 is 9.59 Å². The molecule has 86 valence electrons. The minimum Gasteiger partial charge on any atom is -0.373 e. The molecular weight excluding hydrogens is 216 g/mol. The highest BCUT2D eigenvalue weighted by Gasteiger charge is 2.44. The molecule has 4 nitrogen and oxygen atoms in total. The summed E-state index contributed by atoms with van der Waals surface area (Å²) in [6, 6.07) is 9.27. The molecule has 1 aromatic rings. The first kappa shape index (κ1) is 10.1. The Balaban J connectivity index is 1.87. The molecular formula is C13H12N2O2. The monoisotopic (exact) mass is 228 g/mol. The van der Waals surface area contributed by atoms with Crippen LogP contribution in [-0.4, -0.2) is 35.4 Å². The number of rotatable bonds is 1. The van der Waals surface area contributed by atoms with Crippen molar-refractivity contribution >= 4 is 11.8 Å². The Kier molecular flexibility index (Phi) is 2.23. The smallest absolute Gasteiger partial charge is 0.254 e. The number of carbonyl (C=O) groups excluding carboxylic acids is 2. The van der Waals surface area contributed by atoms with Gasteiger partial charge in [-0.1, -0.05) is 18.2 Å². The van der Waals surface area contributed by atoms with E-state index in [2.05, 4.69) is 5.32 Å². The highest BCUT2D eigenvalue weighted by molar-refractivity contribution is 5.95. The number of hydrogen-bond acceptors (Lipinski definition) is 3. The summed E-state index contributed by atoms with van der Waals surface area (Å²) in [5, 5.41) is 3.08. The summed E-state index contributed by atoms with van der Waals surface area (Å²) >= 11 is 0. The van der Waals surface area contributed by atoms with Gasteiger partial charge in [-0.25, -0.2) is 4.79 Å². The van der Waals surface area contributed by atoms with E-state index in [1.807, 2.05) is 24.1 Å². The topological polar surface area (TPSA) is 49.4 Å². The van der Waals surface area contributed by atoms with Gasteiger partial charge >= 0.3 is 0 Å². The summed E-state index contributed by atoms with van der Waals surface area (Å²) in [7, 11) is 0. The maximum absolute atomic E-state index is 12.3. The Labute approximate surface area is 98.9 Å². The lowest BCUT2D eigenvalue weighted by molar-refractivity contribution is 0.0738. The number of amides is 1. The zero-order valence-electron chi connectivity index (χ0n) is 9.22. The van der Waals surface area contributed by atoms with Gasteiger partial charge in [0.1, 0.15) is 11.6 Å². The first-order chi connectivity index (χ1) is 8.29. The minimum absolute atomic E-state index is 0.00708. The lowest BCUT2D eigenvalue weighted by Gasteiger charge is -2.28. The van der Waals surface area contributed by atoms with Crippen molar-refractivity contribution in [1.29, 1.82) is 0 Å². The van der Waals surface area contributed by atoms with Gasteiger partial charge in [0.25, 0.3) is 5.91 Å². The van der Waals surface area contributed by atoms with Crippen LogP contribution in [-0.2, 0) is 4.79 Å². The SMILES string of the molecule is O=C=C1N[C@@H]2C[C@H]1N(C(=O)c1ccccc1)C2. The molecule has 0 unspecified atom stereocenters. The van der Waals surface area contributed by atoms with Gasteiger partial charge in [-0.05, 0) is 18.6 Å². The Morgan fingerprint density at radius 2 is 2.12 bits per heavy atom. The molecule has 2 bridgehead atoms. The summed E-state index contributed by atoms with van der Waals surface area (Å²) in [5.41, 5.74) is 1.19. The zero-order chi connectivity index (χ0) is 11.8. The molecule has 0 spiro atoms. The summed E-state index contributed by atoms with van der Waals surface area (Å²) in [4.78, 5) is 24.8. The maximum atomic E-state index is 12.3. The molecule has 2 saturated heterocycles. The molecule has 1 amide bonds. The molecule has 2 heterocycles. The predicted molar refractivity (Wildman–Crippen MR) is 62.0 cm³/mol. The van der Waals surface area contributed by atoms with Crippen molar-refractivity contribution in [1.82, 2.24) is 10.2 Å². The van der Waals surface area contributed by atoms with Crippen molar-refractivity contribution in [2.24, 2.45) is 0 Å². The molecule has 2 aliphatic rings. The Hall–Kier alpha value is -2.06. The number of nitrogens with zero attached hydrogens (tertiary/aromatic N) is 1. The van der Waals surface area contributed by atoms with Crippen LogP contribution in [0.4, 0.5) is 0 Å². The Morgan fingerprint density at radius 3 is 2.76 bits per heavy atom. The van der Waals surface area contributed by atoms with E-state index in [0.29, 0.717) is 17.8 Å². The van der Waals surface area contributed by atoms with Crippen molar-refractivity contribution in [2.75, 3.05) is 6.54 Å². The van der Waals surface area contributed by atoms with Gasteiger partial charge in [0.05, 0.1) is 6.04 Å². The predicted octanol–water partition coefficient (Wildman–Crippen LogP) is 0.588. The van der Waals surface area contributed by atoms with Crippen molar-refractivity contribution in [2.45, 2.75) is 18.5 Å². The third kappa shape index (κ3) is 1.54.